The van der Waals surface area contributed by atoms with Gasteiger partial charge in [-0.05, 0) is 18.2 Å². The lowest BCUT2D eigenvalue weighted by Crippen LogP contribution is -2.66. The molecular weight excluding hydrogens is 478 g/mol. The van der Waals surface area contributed by atoms with Gasteiger partial charge in [-0.25, -0.2) is 13.4 Å². The Balaban J connectivity index is 1.15. The molecule has 2 saturated heterocycles. The number of carbonyl (C=O) groups excluding carboxylic acids is 2. The molecule has 34 heavy (non-hydrogen) atoms. The Labute approximate surface area is 200 Å². The van der Waals surface area contributed by atoms with Crippen LogP contribution in [0.5, 0.6) is 0 Å². The molecule has 5 rings (SSSR count). The van der Waals surface area contributed by atoms with Gasteiger partial charge in [-0.2, -0.15) is 0 Å². The highest BCUT2D eigenvalue weighted by Gasteiger charge is 2.49. The number of rotatable bonds is 7. The van der Waals surface area contributed by atoms with Crippen molar-refractivity contribution in [2.75, 3.05) is 49.3 Å². The number of thiazole rings is 1. The molecule has 3 aromatic rings. The number of amides is 2. The summed E-state index contributed by atoms with van der Waals surface area (Å²) in [6.07, 6.45) is 3.51. The van der Waals surface area contributed by atoms with E-state index in [-0.39, 0.29) is 12.1 Å². The standard InChI is InChI=1S/C22H23N5O5S2/c1-34(30,31)27-6-5-16(9-27)20(29)23-8-19(28)25-21-24-18(10-33-21)15-3-2-4-17(7-15)26-11-22(12-26)13-32-14-22/h2-7,9-10H,8,11-14H2,1H3,(H,23,29)(H,24,25,28). The fourth-order valence-electron chi connectivity index (χ4n) is 3.99. The fourth-order valence-corrected chi connectivity index (χ4v) is 5.31. The van der Waals surface area contributed by atoms with E-state index in [1.165, 1.54) is 29.8 Å². The van der Waals surface area contributed by atoms with Crippen LogP contribution in [0.3, 0.4) is 0 Å². The predicted molar refractivity (Wildman–Crippen MR) is 129 cm³/mol. The summed E-state index contributed by atoms with van der Waals surface area (Å²) in [4.78, 5) is 31.3. The molecule has 0 radical (unpaired) electrons. The maximum atomic E-state index is 12.3. The number of ether oxygens (including phenoxy) is 1. The molecule has 2 fully saturated rings. The Morgan fingerprint density at radius 2 is 2.03 bits per heavy atom. The number of carbonyl (C=O) groups is 2. The van der Waals surface area contributed by atoms with E-state index in [1.807, 2.05) is 17.5 Å². The van der Waals surface area contributed by atoms with E-state index in [0.717, 1.165) is 53.5 Å². The molecule has 0 saturated carbocycles. The average Bonchev–Trinajstić information content (AvgIpc) is 3.40. The molecule has 0 aliphatic carbocycles. The van der Waals surface area contributed by atoms with Crippen molar-refractivity contribution in [2.24, 2.45) is 5.41 Å². The van der Waals surface area contributed by atoms with Gasteiger partial charge in [-0.15, -0.1) is 11.3 Å². The van der Waals surface area contributed by atoms with E-state index in [1.54, 1.807) is 0 Å². The molecule has 178 valence electrons. The van der Waals surface area contributed by atoms with Crippen LogP contribution in [0, 0.1) is 5.41 Å². The van der Waals surface area contributed by atoms with Crippen LogP contribution in [0.1, 0.15) is 10.4 Å². The van der Waals surface area contributed by atoms with Gasteiger partial charge in [0.15, 0.2) is 5.13 Å². The molecule has 2 aliphatic rings. The highest BCUT2D eigenvalue weighted by Crippen LogP contribution is 2.41. The Hall–Kier alpha value is -3.22. The van der Waals surface area contributed by atoms with Crippen LogP contribution in [-0.4, -0.2) is 68.3 Å². The molecule has 1 aromatic carbocycles. The molecule has 0 atom stereocenters. The van der Waals surface area contributed by atoms with Crippen molar-refractivity contribution in [2.45, 2.75) is 0 Å². The monoisotopic (exact) mass is 501 g/mol. The first-order chi connectivity index (χ1) is 16.2. The topological polar surface area (TPSA) is 123 Å². The third-order valence-corrected chi connectivity index (χ3v) is 7.60. The summed E-state index contributed by atoms with van der Waals surface area (Å²) in [6.45, 7) is 3.41. The Morgan fingerprint density at radius 1 is 1.24 bits per heavy atom. The summed E-state index contributed by atoms with van der Waals surface area (Å²) in [6, 6.07) is 9.52. The van der Waals surface area contributed by atoms with E-state index in [4.69, 9.17) is 4.74 Å². The summed E-state index contributed by atoms with van der Waals surface area (Å²) >= 11 is 1.30. The quantitative estimate of drug-likeness (QED) is 0.504. The maximum absolute atomic E-state index is 12.3. The third kappa shape index (κ3) is 4.56. The van der Waals surface area contributed by atoms with E-state index in [9.17, 15) is 18.0 Å². The maximum Gasteiger partial charge on any atom is 0.253 e. The van der Waals surface area contributed by atoms with Gasteiger partial charge >= 0.3 is 0 Å². The van der Waals surface area contributed by atoms with Crippen molar-refractivity contribution in [3.8, 4) is 11.3 Å². The highest BCUT2D eigenvalue weighted by atomic mass is 32.2. The number of hydrogen-bond donors (Lipinski definition) is 2. The van der Waals surface area contributed by atoms with Crippen LogP contribution in [-0.2, 0) is 19.6 Å². The molecule has 2 N–H and O–H groups in total. The number of hydrogen-bond acceptors (Lipinski definition) is 8. The lowest BCUT2D eigenvalue weighted by molar-refractivity contribution is -0.127. The van der Waals surface area contributed by atoms with Crippen LogP contribution in [0.2, 0.25) is 0 Å². The number of anilines is 2. The van der Waals surface area contributed by atoms with Crippen molar-refractivity contribution in [3.05, 3.63) is 53.7 Å². The van der Waals surface area contributed by atoms with Crippen molar-refractivity contribution >= 4 is 44.0 Å². The van der Waals surface area contributed by atoms with Gasteiger partial charge in [0, 0.05) is 42.1 Å². The molecule has 2 aromatic heterocycles. The third-order valence-electron chi connectivity index (χ3n) is 5.85. The van der Waals surface area contributed by atoms with Crippen LogP contribution < -0.4 is 15.5 Å². The normalized spacial score (nSPS) is 16.6. The molecule has 2 amide bonds. The van der Waals surface area contributed by atoms with Crippen molar-refractivity contribution < 1.29 is 22.7 Å². The summed E-state index contributed by atoms with van der Waals surface area (Å²) < 4.78 is 29.3. The smallest absolute Gasteiger partial charge is 0.253 e. The van der Waals surface area contributed by atoms with Crippen LogP contribution >= 0.6 is 11.3 Å². The zero-order valence-electron chi connectivity index (χ0n) is 18.4. The van der Waals surface area contributed by atoms with Crippen LogP contribution in [0.4, 0.5) is 10.8 Å². The molecular formula is C22H23N5O5S2. The number of benzene rings is 1. The van der Waals surface area contributed by atoms with Gasteiger partial charge in [0.2, 0.25) is 15.9 Å². The Morgan fingerprint density at radius 3 is 2.71 bits per heavy atom. The van der Waals surface area contributed by atoms with Crippen molar-refractivity contribution in [1.82, 2.24) is 14.3 Å². The minimum atomic E-state index is -3.48. The lowest BCUT2D eigenvalue weighted by atomic mass is 9.77. The SMILES string of the molecule is CS(=O)(=O)n1ccc(C(=O)NCC(=O)Nc2nc(-c3cccc(N4CC5(COC5)C4)c3)cs2)c1. The predicted octanol–water partition coefficient (Wildman–Crippen LogP) is 1.62. The van der Waals surface area contributed by atoms with Crippen molar-refractivity contribution in [3.63, 3.8) is 0 Å². The molecule has 10 nitrogen and oxygen atoms in total. The average molecular weight is 502 g/mol. The molecule has 4 heterocycles. The lowest BCUT2D eigenvalue weighted by Gasteiger charge is -2.56. The summed E-state index contributed by atoms with van der Waals surface area (Å²) in [5.74, 6) is -0.977. The van der Waals surface area contributed by atoms with E-state index < -0.39 is 21.8 Å². The second-order valence-electron chi connectivity index (χ2n) is 8.66. The van der Waals surface area contributed by atoms with Gasteiger partial charge in [0.1, 0.15) is 0 Å². The van der Waals surface area contributed by atoms with Crippen LogP contribution in [0.15, 0.2) is 48.1 Å². The number of aromatic nitrogens is 2. The molecule has 1 spiro atoms. The molecule has 2 aliphatic heterocycles. The zero-order valence-corrected chi connectivity index (χ0v) is 20.0. The number of nitrogens with zero attached hydrogens (tertiary/aromatic N) is 3. The van der Waals surface area contributed by atoms with E-state index in [0.29, 0.717) is 10.5 Å². The first kappa shape index (κ1) is 22.6. The Bertz CT molecular complexity index is 1350. The summed E-state index contributed by atoms with van der Waals surface area (Å²) in [7, 11) is -3.48. The van der Waals surface area contributed by atoms with Gasteiger partial charge in [-0.3, -0.25) is 13.6 Å². The van der Waals surface area contributed by atoms with Crippen molar-refractivity contribution in [1.29, 1.82) is 0 Å². The van der Waals surface area contributed by atoms with Crippen LogP contribution in [0.25, 0.3) is 11.3 Å². The fraction of sp³-hybridized carbons (Fsp3) is 0.318. The molecule has 12 heteroatoms. The van der Waals surface area contributed by atoms with Gasteiger partial charge in [-0.1, -0.05) is 12.1 Å². The Kier molecular flexibility index (Phi) is 5.66. The minimum Gasteiger partial charge on any atom is -0.380 e. The second kappa shape index (κ2) is 8.53. The van der Waals surface area contributed by atoms with E-state index >= 15 is 0 Å². The highest BCUT2D eigenvalue weighted by molar-refractivity contribution is 7.89. The first-order valence-corrected chi connectivity index (χ1v) is 13.3. The number of nitrogens with one attached hydrogen (secondary N) is 2. The molecule has 0 bridgehead atoms. The molecule has 0 unspecified atom stereocenters. The van der Waals surface area contributed by atoms with Gasteiger partial charge in [0.25, 0.3) is 5.91 Å². The van der Waals surface area contributed by atoms with Gasteiger partial charge in [0.05, 0.1) is 42.7 Å². The largest absolute Gasteiger partial charge is 0.380 e. The first-order valence-electron chi connectivity index (χ1n) is 10.6. The second-order valence-corrected chi connectivity index (χ2v) is 11.4. The summed E-state index contributed by atoms with van der Waals surface area (Å²) in [5, 5.41) is 7.46. The summed E-state index contributed by atoms with van der Waals surface area (Å²) in [5.41, 5.74) is 3.34. The zero-order chi connectivity index (χ0) is 23.9. The van der Waals surface area contributed by atoms with Gasteiger partial charge < -0.3 is 20.3 Å². The van der Waals surface area contributed by atoms with E-state index in [2.05, 4.69) is 32.7 Å². The minimum absolute atomic E-state index is 0.146.